The molecule has 3 atom stereocenters. The van der Waals surface area contributed by atoms with Gasteiger partial charge in [0.25, 0.3) is 5.78 Å². The third-order valence-electron chi connectivity index (χ3n) is 2.69. The number of carbonyl (C=O) groups excluding carboxylic acids is 3. The van der Waals surface area contributed by atoms with Crippen molar-refractivity contribution in [2.75, 3.05) is 20.8 Å². The Morgan fingerprint density at radius 2 is 1.88 bits per heavy atom. The maximum atomic E-state index is 11.7. The predicted molar refractivity (Wildman–Crippen MR) is 54.7 cm³/mol. The molecule has 1 saturated heterocycles. The number of Topliss-reactive ketones (excluding diaryl/α,β-unsaturated/α-hetero) is 1. The monoisotopic (exact) mass is 245 g/mol. The molecule has 17 heavy (non-hydrogen) atoms. The van der Waals surface area contributed by atoms with Gasteiger partial charge in [-0.25, -0.2) is 4.79 Å². The normalized spacial score (nSPS) is 30.6. The van der Waals surface area contributed by atoms with Gasteiger partial charge < -0.3 is 14.3 Å². The van der Waals surface area contributed by atoms with Crippen LogP contribution in [0.2, 0.25) is 0 Å². The Balaban J connectivity index is 2.86. The average Bonchev–Trinajstić information content (AvgIpc) is 2.94. The lowest BCUT2D eigenvalue weighted by Gasteiger charge is -2.06. The van der Waals surface area contributed by atoms with Crippen LogP contribution in [0.15, 0.2) is 0 Å². The molecule has 1 heterocycles. The maximum Gasteiger partial charge on any atom is 0.376 e. The fourth-order valence-corrected chi connectivity index (χ4v) is 1.72. The van der Waals surface area contributed by atoms with Gasteiger partial charge in [-0.1, -0.05) is 0 Å². The van der Waals surface area contributed by atoms with Crippen molar-refractivity contribution in [3.05, 3.63) is 0 Å². The number of esters is 2. The van der Waals surface area contributed by atoms with E-state index < -0.39 is 29.3 Å². The van der Waals surface area contributed by atoms with E-state index in [0.29, 0.717) is 0 Å². The van der Waals surface area contributed by atoms with Crippen LogP contribution in [-0.4, -0.2) is 55.2 Å². The Kier molecular flexibility index (Phi) is 3.84. The number of methoxy groups -OCH3 is 1. The maximum absolute atomic E-state index is 11.7. The van der Waals surface area contributed by atoms with Crippen molar-refractivity contribution < 1.29 is 28.7 Å². The largest absolute Gasteiger partial charge is 0.465 e. The van der Waals surface area contributed by atoms with Gasteiger partial charge in [-0.3, -0.25) is 9.59 Å². The molecule has 1 aliphatic rings. The van der Waals surface area contributed by atoms with Gasteiger partial charge >= 0.3 is 11.9 Å². The van der Waals surface area contributed by atoms with Gasteiger partial charge in [0, 0.05) is 0 Å². The minimum Gasteiger partial charge on any atom is -0.465 e. The van der Waals surface area contributed by atoms with Crippen LogP contribution < -0.4 is 0 Å². The number of hydrogen-bond acceptors (Lipinski definition) is 7. The van der Waals surface area contributed by atoms with Gasteiger partial charge in [-0.15, -0.1) is 0 Å². The van der Waals surface area contributed by atoms with Crippen LogP contribution in [0.1, 0.15) is 13.8 Å². The number of hydroxylamine groups is 2. The number of hydrogen-bond donors (Lipinski definition) is 0. The van der Waals surface area contributed by atoms with Gasteiger partial charge in [0.15, 0.2) is 6.04 Å². The molecule has 3 unspecified atom stereocenters. The van der Waals surface area contributed by atoms with Crippen molar-refractivity contribution in [1.82, 2.24) is 5.06 Å². The van der Waals surface area contributed by atoms with Crippen LogP contribution in [0.4, 0.5) is 0 Å². The Hall–Kier alpha value is -1.47. The molecule has 0 N–H and O–H groups in total. The highest BCUT2D eigenvalue weighted by Gasteiger charge is 2.72. The first-order chi connectivity index (χ1) is 7.94. The van der Waals surface area contributed by atoms with Gasteiger partial charge in [0.1, 0.15) is 5.54 Å². The van der Waals surface area contributed by atoms with E-state index in [1.807, 2.05) is 0 Å². The highest BCUT2D eigenvalue weighted by Crippen LogP contribution is 2.42. The summed E-state index contributed by atoms with van der Waals surface area (Å²) < 4.78 is 9.13. The lowest BCUT2D eigenvalue weighted by atomic mass is 10.0. The Labute approximate surface area is 98.6 Å². The lowest BCUT2D eigenvalue weighted by Crippen LogP contribution is -2.35. The second-order valence-corrected chi connectivity index (χ2v) is 3.63. The number of ether oxygens (including phenoxy) is 2. The molecule has 0 spiro atoms. The highest BCUT2D eigenvalue weighted by atomic mass is 16.7. The smallest absolute Gasteiger partial charge is 0.376 e. The molecule has 96 valence electrons. The first kappa shape index (κ1) is 13.6. The van der Waals surface area contributed by atoms with Crippen molar-refractivity contribution in [3.63, 3.8) is 0 Å². The number of ketones is 1. The van der Waals surface area contributed by atoms with Crippen molar-refractivity contribution >= 4 is 17.7 Å². The average molecular weight is 245 g/mol. The van der Waals surface area contributed by atoms with Crippen molar-refractivity contribution in [3.8, 4) is 0 Å². The standard InChI is InChI=1S/C10H15NO6/c1-5-17-8(13)6-10(2,11(6)16-4)7(12)9(14)15-3/h6H,5H2,1-4H3. The second-order valence-electron chi connectivity index (χ2n) is 3.63. The molecular weight excluding hydrogens is 230 g/mol. The summed E-state index contributed by atoms with van der Waals surface area (Å²) >= 11 is 0. The minimum absolute atomic E-state index is 0.190. The summed E-state index contributed by atoms with van der Waals surface area (Å²) in [6.45, 7) is 3.27. The Morgan fingerprint density at radius 1 is 1.29 bits per heavy atom. The molecule has 0 aromatic heterocycles. The number of carbonyl (C=O) groups is 3. The molecule has 0 amide bonds. The lowest BCUT2D eigenvalue weighted by molar-refractivity contribution is -0.156. The van der Waals surface area contributed by atoms with Crippen LogP contribution in [-0.2, 0) is 28.7 Å². The first-order valence-corrected chi connectivity index (χ1v) is 5.07. The fourth-order valence-electron chi connectivity index (χ4n) is 1.72. The van der Waals surface area contributed by atoms with Gasteiger partial charge in [0.05, 0.1) is 20.8 Å². The van der Waals surface area contributed by atoms with E-state index >= 15 is 0 Å². The number of rotatable bonds is 5. The van der Waals surface area contributed by atoms with Crippen LogP contribution in [0.5, 0.6) is 0 Å². The van der Waals surface area contributed by atoms with E-state index in [1.54, 1.807) is 6.92 Å². The van der Waals surface area contributed by atoms with E-state index in [0.717, 1.165) is 12.2 Å². The topological polar surface area (TPSA) is 81.9 Å². The highest BCUT2D eigenvalue weighted by molar-refractivity contribution is 6.39. The summed E-state index contributed by atoms with van der Waals surface area (Å²) in [6.07, 6.45) is 0. The summed E-state index contributed by atoms with van der Waals surface area (Å²) in [5.41, 5.74) is -1.34. The summed E-state index contributed by atoms with van der Waals surface area (Å²) in [7, 11) is 2.41. The second kappa shape index (κ2) is 4.80. The molecule has 0 aliphatic carbocycles. The number of nitrogens with zero attached hydrogens (tertiary/aromatic N) is 1. The zero-order valence-electron chi connectivity index (χ0n) is 10.2. The molecule has 0 aromatic rings. The van der Waals surface area contributed by atoms with Crippen molar-refractivity contribution in [2.45, 2.75) is 25.4 Å². The Morgan fingerprint density at radius 3 is 2.29 bits per heavy atom. The van der Waals surface area contributed by atoms with Gasteiger partial charge in [-0.2, -0.15) is 5.06 Å². The van der Waals surface area contributed by atoms with Crippen LogP contribution in [0.25, 0.3) is 0 Å². The van der Waals surface area contributed by atoms with E-state index in [1.165, 1.54) is 14.0 Å². The third kappa shape index (κ3) is 2.03. The van der Waals surface area contributed by atoms with Crippen molar-refractivity contribution in [1.29, 1.82) is 0 Å². The van der Waals surface area contributed by atoms with E-state index in [2.05, 4.69) is 4.74 Å². The predicted octanol–water partition coefficient (Wildman–Crippen LogP) is -0.704. The molecule has 1 rings (SSSR count). The molecule has 1 fully saturated rings. The summed E-state index contributed by atoms with van der Waals surface area (Å²) in [6, 6.07) is -0.904. The summed E-state index contributed by atoms with van der Waals surface area (Å²) in [4.78, 5) is 39.4. The summed E-state index contributed by atoms with van der Waals surface area (Å²) in [5, 5.41) is 1.12. The van der Waals surface area contributed by atoms with Gasteiger partial charge in [0.2, 0.25) is 0 Å². The zero-order chi connectivity index (χ0) is 13.2. The Bertz CT molecular complexity index is 355. The zero-order valence-corrected chi connectivity index (χ0v) is 10.2. The molecule has 0 radical (unpaired) electrons. The molecular formula is C10H15NO6. The van der Waals surface area contributed by atoms with Gasteiger partial charge in [-0.05, 0) is 13.8 Å². The molecule has 1 aliphatic heterocycles. The van der Waals surface area contributed by atoms with E-state index in [4.69, 9.17) is 9.57 Å². The molecule has 0 saturated carbocycles. The molecule has 0 bridgehead atoms. The van der Waals surface area contributed by atoms with Crippen LogP contribution in [0.3, 0.4) is 0 Å². The van der Waals surface area contributed by atoms with E-state index in [-0.39, 0.29) is 6.61 Å². The minimum atomic E-state index is -1.34. The molecule has 0 aromatic carbocycles. The molecule has 7 nitrogen and oxygen atoms in total. The van der Waals surface area contributed by atoms with E-state index in [9.17, 15) is 14.4 Å². The SMILES string of the molecule is CCOC(=O)C1N(OC)C1(C)C(=O)C(=O)OC. The fraction of sp³-hybridized carbons (Fsp3) is 0.700. The first-order valence-electron chi connectivity index (χ1n) is 5.07. The van der Waals surface area contributed by atoms with Crippen molar-refractivity contribution in [2.24, 2.45) is 0 Å². The quantitative estimate of drug-likeness (QED) is 0.359. The van der Waals surface area contributed by atoms with Crippen LogP contribution in [0, 0.1) is 0 Å². The third-order valence-corrected chi connectivity index (χ3v) is 2.69. The summed E-state index contributed by atoms with van der Waals surface area (Å²) in [5.74, 6) is -2.45. The molecule has 7 heteroatoms. The van der Waals surface area contributed by atoms with Crippen LogP contribution >= 0.6 is 0 Å².